The van der Waals surface area contributed by atoms with Gasteiger partial charge in [-0.05, 0) is 62.3 Å². The highest BCUT2D eigenvalue weighted by Crippen LogP contribution is 2.47. The second kappa shape index (κ2) is 5.57. The standard InChI is InChI=1S/C19H29N3O2/c1-18(2,3)24-17(23)22-9-8-12-13(11-22)14(20)6-7-15(12)21-16-10-19(16,4)5/h6-7,16,21H,8-11,20H2,1-5H3. The molecule has 1 aliphatic carbocycles. The molecular weight excluding hydrogens is 302 g/mol. The lowest BCUT2D eigenvalue weighted by atomic mass is 9.96. The molecular formula is C19H29N3O2. The van der Waals surface area contributed by atoms with Crippen molar-refractivity contribution in [3.63, 3.8) is 0 Å². The molecule has 1 unspecified atom stereocenters. The van der Waals surface area contributed by atoms with Gasteiger partial charge in [0.15, 0.2) is 0 Å². The van der Waals surface area contributed by atoms with Crippen molar-refractivity contribution in [2.75, 3.05) is 17.6 Å². The van der Waals surface area contributed by atoms with Gasteiger partial charge in [-0.3, -0.25) is 0 Å². The van der Waals surface area contributed by atoms with Crippen molar-refractivity contribution >= 4 is 17.5 Å². The van der Waals surface area contributed by atoms with Gasteiger partial charge in [0.1, 0.15) is 5.60 Å². The lowest BCUT2D eigenvalue weighted by molar-refractivity contribution is 0.0224. The molecule has 5 nitrogen and oxygen atoms in total. The molecule has 3 rings (SSSR count). The second-order valence-electron chi connectivity index (χ2n) is 8.70. The molecule has 1 heterocycles. The van der Waals surface area contributed by atoms with E-state index in [9.17, 15) is 4.79 Å². The molecule has 1 aromatic rings. The fourth-order valence-electron chi connectivity index (χ4n) is 3.22. The fraction of sp³-hybridized carbons (Fsp3) is 0.632. The summed E-state index contributed by atoms with van der Waals surface area (Å²) in [4.78, 5) is 14.1. The molecule has 1 aliphatic heterocycles. The summed E-state index contributed by atoms with van der Waals surface area (Å²) in [7, 11) is 0. The lowest BCUT2D eigenvalue weighted by Gasteiger charge is -2.33. The summed E-state index contributed by atoms with van der Waals surface area (Å²) < 4.78 is 5.49. The number of amides is 1. The number of benzene rings is 1. The Morgan fingerprint density at radius 1 is 1.33 bits per heavy atom. The molecule has 1 amide bonds. The van der Waals surface area contributed by atoms with Gasteiger partial charge in [-0.1, -0.05) is 13.8 Å². The summed E-state index contributed by atoms with van der Waals surface area (Å²) in [6.07, 6.45) is 1.72. The molecule has 0 bridgehead atoms. The quantitative estimate of drug-likeness (QED) is 0.810. The Bertz CT molecular complexity index is 661. The van der Waals surface area contributed by atoms with Gasteiger partial charge in [-0.2, -0.15) is 0 Å². The maximum absolute atomic E-state index is 12.3. The maximum atomic E-state index is 12.3. The number of nitrogens with two attached hydrogens (primary N) is 1. The molecule has 0 radical (unpaired) electrons. The number of anilines is 2. The molecule has 1 aromatic carbocycles. The normalized spacial score (nSPS) is 21.9. The van der Waals surface area contributed by atoms with Gasteiger partial charge in [0.2, 0.25) is 0 Å². The predicted octanol–water partition coefficient (Wildman–Crippen LogP) is 3.77. The number of fused-ring (bicyclic) bond motifs is 1. The zero-order chi connectivity index (χ0) is 17.7. The van der Waals surface area contributed by atoms with Gasteiger partial charge in [0.25, 0.3) is 0 Å². The van der Waals surface area contributed by atoms with E-state index in [1.165, 1.54) is 17.7 Å². The van der Waals surface area contributed by atoms with E-state index in [0.29, 0.717) is 24.5 Å². The van der Waals surface area contributed by atoms with E-state index in [0.717, 1.165) is 17.7 Å². The minimum absolute atomic E-state index is 0.269. The molecule has 2 aliphatic rings. The number of nitrogens with one attached hydrogen (secondary N) is 1. The van der Waals surface area contributed by atoms with Gasteiger partial charge >= 0.3 is 6.09 Å². The van der Waals surface area contributed by atoms with Gasteiger partial charge in [-0.25, -0.2) is 4.79 Å². The molecule has 5 heteroatoms. The number of ether oxygens (including phenoxy) is 1. The highest BCUT2D eigenvalue weighted by Gasteiger charge is 2.46. The van der Waals surface area contributed by atoms with E-state index in [2.05, 4.69) is 25.2 Å². The van der Waals surface area contributed by atoms with Crippen molar-refractivity contribution in [1.29, 1.82) is 0 Å². The topological polar surface area (TPSA) is 67.6 Å². The smallest absolute Gasteiger partial charge is 0.410 e. The van der Waals surface area contributed by atoms with Crippen molar-refractivity contribution in [1.82, 2.24) is 4.90 Å². The molecule has 3 N–H and O–H groups in total. The Labute approximate surface area is 144 Å². The second-order valence-corrected chi connectivity index (χ2v) is 8.70. The third kappa shape index (κ3) is 3.45. The van der Waals surface area contributed by atoms with Gasteiger partial charge in [-0.15, -0.1) is 0 Å². The van der Waals surface area contributed by atoms with Crippen LogP contribution in [0.4, 0.5) is 16.2 Å². The number of nitrogen functional groups attached to an aromatic ring is 1. The Hall–Kier alpha value is -1.91. The van der Waals surface area contributed by atoms with Crippen LogP contribution in [0.2, 0.25) is 0 Å². The highest BCUT2D eigenvalue weighted by atomic mass is 16.6. The van der Waals surface area contributed by atoms with Crippen molar-refractivity contribution < 1.29 is 9.53 Å². The third-order valence-corrected chi connectivity index (χ3v) is 4.94. The van der Waals surface area contributed by atoms with E-state index in [4.69, 9.17) is 10.5 Å². The van der Waals surface area contributed by atoms with E-state index in [1.54, 1.807) is 4.90 Å². The molecule has 1 atom stereocenters. The maximum Gasteiger partial charge on any atom is 0.410 e. The first kappa shape index (κ1) is 16.9. The van der Waals surface area contributed by atoms with Crippen LogP contribution in [0.1, 0.15) is 52.2 Å². The Balaban J connectivity index is 1.78. The Kier molecular flexibility index (Phi) is 3.93. The largest absolute Gasteiger partial charge is 0.444 e. The molecule has 0 spiro atoms. The van der Waals surface area contributed by atoms with Crippen LogP contribution in [0, 0.1) is 5.41 Å². The first-order valence-corrected chi connectivity index (χ1v) is 8.71. The molecule has 24 heavy (non-hydrogen) atoms. The average molecular weight is 331 g/mol. The van der Waals surface area contributed by atoms with Crippen molar-refractivity contribution in [2.24, 2.45) is 5.41 Å². The van der Waals surface area contributed by atoms with Crippen molar-refractivity contribution in [3.05, 3.63) is 23.3 Å². The first-order chi connectivity index (χ1) is 11.1. The van der Waals surface area contributed by atoms with Crippen LogP contribution in [0.15, 0.2) is 12.1 Å². The number of hydrogen-bond acceptors (Lipinski definition) is 4. The van der Waals surface area contributed by atoms with Gasteiger partial charge < -0.3 is 20.7 Å². The number of hydrogen-bond donors (Lipinski definition) is 2. The fourth-order valence-corrected chi connectivity index (χ4v) is 3.22. The molecule has 1 fully saturated rings. The van der Waals surface area contributed by atoms with Gasteiger partial charge in [0, 0.05) is 24.0 Å². The molecule has 0 aromatic heterocycles. The Morgan fingerprint density at radius 2 is 2.00 bits per heavy atom. The van der Waals surface area contributed by atoms with Crippen LogP contribution < -0.4 is 11.1 Å². The molecule has 1 saturated carbocycles. The minimum atomic E-state index is -0.482. The van der Waals surface area contributed by atoms with Crippen LogP contribution in [-0.2, 0) is 17.7 Å². The van der Waals surface area contributed by atoms with Crippen molar-refractivity contribution in [2.45, 2.75) is 65.6 Å². The zero-order valence-electron chi connectivity index (χ0n) is 15.4. The molecule has 0 saturated heterocycles. The third-order valence-electron chi connectivity index (χ3n) is 4.94. The van der Waals surface area contributed by atoms with Crippen molar-refractivity contribution in [3.8, 4) is 0 Å². The number of carbonyl (C=O) groups is 1. The van der Waals surface area contributed by atoms with E-state index >= 15 is 0 Å². The van der Waals surface area contributed by atoms with E-state index in [1.807, 2.05) is 26.8 Å². The summed E-state index contributed by atoms with van der Waals surface area (Å²) in [5.74, 6) is 0. The summed E-state index contributed by atoms with van der Waals surface area (Å²) in [5.41, 5.74) is 10.3. The summed E-state index contributed by atoms with van der Waals surface area (Å²) in [6.45, 7) is 11.4. The van der Waals surface area contributed by atoms with Gasteiger partial charge in [0.05, 0.1) is 6.54 Å². The van der Waals surface area contributed by atoms with Crippen LogP contribution >= 0.6 is 0 Å². The summed E-state index contributed by atoms with van der Waals surface area (Å²) in [6, 6.07) is 4.54. The molecule has 132 valence electrons. The van der Waals surface area contributed by atoms with E-state index in [-0.39, 0.29) is 6.09 Å². The lowest BCUT2D eigenvalue weighted by Crippen LogP contribution is -2.40. The highest BCUT2D eigenvalue weighted by molar-refractivity contribution is 5.72. The van der Waals surface area contributed by atoms with E-state index < -0.39 is 5.60 Å². The summed E-state index contributed by atoms with van der Waals surface area (Å²) in [5, 5.41) is 3.65. The minimum Gasteiger partial charge on any atom is -0.444 e. The number of carbonyl (C=O) groups excluding carboxylic acids is 1. The summed E-state index contributed by atoms with van der Waals surface area (Å²) >= 11 is 0. The number of nitrogens with zero attached hydrogens (tertiary/aromatic N) is 1. The SMILES string of the molecule is CC(C)(C)OC(=O)N1CCc2c(NC3CC3(C)C)ccc(N)c2C1. The van der Waals surface area contributed by atoms with Crippen LogP contribution in [-0.4, -0.2) is 29.2 Å². The Morgan fingerprint density at radius 3 is 2.58 bits per heavy atom. The van der Waals surface area contributed by atoms with Crippen LogP contribution in [0.5, 0.6) is 0 Å². The predicted molar refractivity (Wildman–Crippen MR) is 97.0 cm³/mol. The van der Waals surface area contributed by atoms with Crippen LogP contribution in [0.25, 0.3) is 0 Å². The average Bonchev–Trinajstić information content (AvgIpc) is 3.06. The first-order valence-electron chi connectivity index (χ1n) is 8.71. The number of rotatable bonds is 2. The monoisotopic (exact) mass is 331 g/mol. The van der Waals surface area contributed by atoms with Crippen LogP contribution in [0.3, 0.4) is 0 Å². The zero-order valence-corrected chi connectivity index (χ0v) is 15.4.